The van der Waals surface area contributed by atoms with Crippen LogP contribution in [-0.4, -0.2) is 10.1 Å². The maximum atomic E-state index is 5.67. The fourth-order valence-corrected chi connectivity index (χ4v) is 1.42. The molecule has 0 radical (unpaired) electrons. The number of pyridine rings is 1. The van der Waals surface area contributed by atoms with Crippen molar-refractivity contribution in [1.29, 1.82) is 0 Å². The van der Waals surface area contributed by atoms with Gasteiger partial charge < -0.3 is 9.26 Å². The number of halogens is 1. The van der Waals surface area contributed by atoms with Gasteiger partial charge in [-0.15, -0.1) is 0 Å². The zero-order valence-electron chi connectivity index (χ0n) is 9.03. The molecule has 2 heterocycles. The Morgan fingerprint density at radius 2 is 2.19 bits per heavy atom. The van der Waals surface area contributed by atoms with Crippen LogP contribution in [0.5, 0.6) is 5.75 Å². The SMILES string of the molecule is Cc1noc(C)c1COc1ccc(Cl)nc1. The van der Waals surface area contributed by atoms with Gasteiger partial charge in [0.1, 0.15) is 23.3 Å². The van der Waals surface area contributed by atoms with E-state index in [1.165, 1.54) is 0 Å². The van der Waals surface area contributed by atoms with E-state index in [4.69, 9.17) is 20.9 Å². The van der Waals surface area contributed by atoms with Crippen LogP contribution in [-0.2, 0) is 6.61 Å². The van der Waals surface area contributed by atoms with E-state index in [9.17, 15) is 0 Å². The number of aryl methyl sites for hydroxylation is 2. The van der Waals surface area contributed by atoms with Gasteiger partial charge in [-0.05, 0) is 26.0 Å². The third-order valence-electron chi connectivity index (χ3n) is 2.26. The Bertz CT molecular complexity index is 460. The van der Waals surface area contributed by atoms with Crippen LogP contribution in [0.25, 0.3) is 0 Å². The third kappa shape index (κ3) is 2.33. The molecule has 84 valence electrons. The summed E-state index contributed by atoms with van der Waals surface area (Å²) in [5.74, 6) is 1.45. The summed E-state index contributed by atoms with van der Waals surface area (Å²) < 4.78 is 10.6. The van der Waals surface area contributed by atoms with E-state index in [1.807, 2.05) is 13.8 Å². The molecule has 0 saturated heterocycles. The summed E-state index contributed by atoms with van der Waals surface area (Å²) in [6.07, 6.45) is 1.58. The molecule has 0 aliphatic carbocycles. The first-order valence-electron chi connectivity index (χ1n) is 4.83. The highest BCUT2D eigenvalue weighted by atomic mass is 35.5. The number of rotatable bonds is 3. The van der Waals surface area contributed by atoms with Gasteiger partial charge in [0.15, 0.2) is 0 Å². The third-order valence-corrected chi connectivity index (χ3v) is 2.49. The molecule has 0 aromatic carbocycles. The van der Waals surface area contributed by atoms with Gasteiger partial charge in [-0.2, -0.15) is 0 Å². The first-order chi connectivity index (χ1) is 7.66. The molecule has 0 aliphatic heterocycles. The summed E-state index contributed by atoms with van der Waals surface area (Å²) in [6, 6.07) is 3.46. The lowest BCUT2D eigenvalue weighted by Gasteiger charge is -2.04. The summed E-state index contributed by atoms with van der Waals surface area (Å²) in [4.78, 5) is 3.93. The van der Waals surface area contributed by atoms with Crippen molar-refractivity contribution >= 4 is 11.6 Å². The van der Waals surface area contributed by atoms with Crippen LogP contribution in [0, 0.1) is 13.8 Å². The number of hydrogen-bond acceptors (Lipinski definition) is 4. The van der Waals surface area contributed by atoms with Crippen LogP contribution in [0.4, 0.5) is 0 Å². The minimum Gasteiger partial charge on any atom is -0.487 e. The van der Waals surface area contributed by atoms with Gasteiger partial charge in [0, 0.05) is 0 Å². The number of aromatic nitrogens is 2. The van der Waals surface area contributed by atoms with Crippen molar-refractivity contribution in [1.82, 2.24) is 10.1 Å². The lowest BCUT2D eigenvalue weighted by molar-refractivity contribution is 0.300. The fourth-order valence-electron chi connectivity index (χ4n) is 1.31. The highest BCUT2D eigenvalue weighted by Gasteiger charge is 2.09. The summed E-state index contributed by atoms with van der Waals surface area (Å²) in [5.41, 5.74) is 1.81. The molecule has 2 aromatic rings. The Morgan fingerprint density at radius 3 is 2.75 bits per heavy atom. The highest BCUT2D eigenvalue weighted by Crippen LogP contribution is 2.17. The molecule has 0 bridgehead atoms. The summed E-state index contributed by atoms with van der Waals surface area (Å²) >= 11 is 5.67. The molecule has 0 unspecified atom stereocenters. The molecule has 0 saturated carbocycles. The fraction of sp³-hybridized carbons (Fsp3) is 0.273. The maximum absolute atomic E-state index is 5.67. The highest BCUT2D eigenvalue weighted by molar-refractivity contribution is 6.29. The second kappa shape index (κ2) is 4.53. The second-order valence-corrected chi connectivity index (χ2v) is 3.80. The van der Waals surface area contributed by atoms with Crippen LogP contribution in [0.1, 0.15) is 17.0 Å². The molecular formula is C11H11ClN2O2. The van der Waals surface area contributed by atoms with Crippen molar-refractivity contribution in [2.24, 2.45) is 0 Å². The molecule has 0 spiro atoms. The van der Waals surface area contributed by atoms with E-state index >= 15 is 0 Å². The van der Waals surface area contributed by atoms with Crippen molar-refractivity contribution in [3.05, 3.63) is 40.5 Å². The first-order valence-corrected chi connectivity index (χ1v) is 5.20. The van der Waals surface area contributed by atoms with E-state index in [0.717, 1.165) is 17.0 Å². The summed E-state index contributed by atoms with van der Waals surface area (Å²) in [7, 11) is 0. The van der Waals surface area contributed by atoms with Crippen molar-refractivity contribution in [2.45, 2.75) is 20.5 Å². The molecule has 16 heavy (non-hydrogen) atoms. The van der Waals surface area contributed by atoms with E-state index < -0.39 is 0 Å². The second-order valence-electron chi connectivity index (χ2n) is 3.41. The van der Waals surface area contributed by atoms with Crippen LogP contribution in [0.15, 0.2) is 22.9 Å². The number of ether oxygens (including phenoxy) is 1. The number of nitrogens with zero attached hydrogens (tertiary/aromatic N) is 2. The minimum atomic E-state index is 0.421. The van der Waals surface area contributed by atoms with Crippen molar-refractivity contribution in [2.75, 3.05) is 0 Å². The lowest BCUT2D eigenvalue weighted by Crippen LogP contribution is -1.98. The predicted octanol–water partition coefficient (Wildman–Crippen LogP) is 2.92. The summed E-state index contributed by atoms with van der Waals surface area (Å²) in [6.45, 7) is 4.17. The first kappa shape index (κ1) is 11.0. The Morgan fingerprint density at radius 1 is 1.38 bits per heavy atom. The Kier molecular flexibility index (Phi) is 3.10. The molecule has 0 atom stereocenters. The van der Waals surface area contributed by atoms with E-state index in [0.29, 0.717) is 17.5 Å². The molecule has 0 N–H and O–H groups in total. The van der Waals surface area contributed by atoms with Gasteiger partial charge >= 0.3 is 0 Å². The molecule has 4 nitrogen and oxygen atoms in total. The molecule has 0 aliphatic rings. The van der Waals surface area contributed by atoms with Crippen LogP contribution in [0.3, 0.4) is 0 Å². The normalized spacial score (nSPS) is 10.4. The number of hydrogen-bond donors (Lipinski definition) is 0. The zero-order valence-corrected chi connectivity index (χ0v) is 9.78. The van der Waals surface area contributed by atoms with Gasteiger partial charge in [-0.3, -0.25) is 0 Å². The molecule has 5 heteroatoms. The average Bonchev–Trinajstić information content (AvgIpc) is 2.59. The Balaban J connectivity index is 2.05. The molecule has 2 aromatic heterocycles. The average molecular weight is 239 g/mol. The quantitative estimate of drug-likeness (QED) is 0.772. The van der Waals surface area contributed by atoms with E-state index in [1.54, 1.807) is 18.3 Å². The van der Waals surface area contributed by atoms with Gasteiger partial charge in [-0.1, -0.05) is 16.8 Å². The van der Waals surface area contributed by atoms with E-state index in [2.05, 4.69) is 10.1 Å². The predicted molar refractivity (Wildman–Crippen MR) is 59.6 cm³/mol. The van der Waals surface area contributed by atoms with Crippen LogP contribution >= 0.6 is 11.6 Å². The topological polar surface area (TPSA) is 48.2 Å². The van der Waals surface area contributed by atoms with Gasteiger partial charge in [0.05, 0.1) is 17.5 Å². The standard InChI is InChI=1S/C11H11ClN2O2/c1-7-10(8(2)16-14-7)6-15-9-3-4-11(12)13-5-9/h3-5H,6H2,1-2H3. The van der Waals surface area contributed by atoms with Gasteiger partial charge in [-0.25, -0.2) is 4.98 Å². The van der Waals surface area contributed by atoms with Crippen molar-refractivity contribution < 1.29 is 9.26 Å². The maximum Gasteiger partial charge on any atom is 0.140 e. The monoisotopic (exact) mass is 238 g/mol. The Labute approximate surface area is 98.2 Å². The van der Waals surface area contributed by atoms with Gasteiger partial charge in [0.25, 0.3) is 0 Å². The smallest absolute Gasteiger partial charge is 0.140 e. The van der Waals surface area contributed by atoms with Gasteiger partial charge in [0.2, 0.25) is 0 Å². The zero-order chi connectivity index (χ0) is 11.5. The molecule has 0 amide bonds. The van der Waals surface area contributed by atoms with Crippen LogP contribution in [0.2, 0.25) is 5.15 Å². The minimum absolute atomic E-state index is 0.421. The Hall–Kier alpha value is -1.55. The van der Waals surface area contributed by atoms with Crippen LogP contribution < -0.4 is 4.74 Å². The molecule has 2 rings (SSSR count). The lowest BCUT2D eigenvalue weighted by atomic mass is 10.2. The van der Waals surface area contributed by atoms with Crippen molar-refractivity contribution in [3.63, 3.8) is 0 Å². The summed E-state index contributed by atoms with van der Waals surface area (Å²) in [5, 5.41) is 4.30. The van der Waals surface area contributed by atoms with E-state index in [-0.39, 0.29) is 0 Å². The molecular weight excluding hydrogens is 228 g/mol. The molecule has 0 fully saturated rings. The largest absolute Gasteiger partial charge is 0.487 e. The van der Waals surface area contributed by atoms with Crippen molar-refractivity contribution in [3.8, 4) is 5.75 Å².